The molecule has 0 unspecified atom stereocenters. The molecule has 0 amide bonds. The molecule has 0 aliphatic carbocycles. The van der Waals surface area contributed by atoms with Crippen molar-refractivity contribution in [2.24, 2.45) is 0 Å². The number of benzene rings is 2. The quantitative estimate of drug-likeness (QED) is 0.815. The Morgan fingerprint density at radius 2 is 1.45 bits per heavy atom. The van der Waals surface area contributed by atoms with E-state index in [4.69, 9.17) is 9.47 Å². The molecular formula is C18H20O2. The van der Waals surface area contributed by atoms with Crippen molar-refractivity contribution in [3.63, 3.8) is 0 Å². The zero-order chi connectivity index (χ0) is 14.5. The normalized spacial score (nSPS) is 11.3. The van der Waals surface area contributed by atoms with Crippen molar-refractivity contribution in [1.29, 1.82) is 0 Å². The van der Waals surface area contributed by atoms with E-state index in [2.05, 4.69) is 43.3 Å². The molecule has 2 aromatic carbocycles. The Labute approximate surface area is 120 Å². The van der Waals surface area contributed by atoms with Crippen molar-refractivity contribution in [3.8, 4) is 11.5 Å². The molecule has 2 nitrogen and oxygen atoms in total. The summed E-state index contributed by atoms with van der Waals surface area (Å²) in [5, 5.41) is 0. The fraction of sp³-hybridized carbons (Fsp3) is 0.222. The average molecular weight is 268 g/mol. The highest BCUT2D eigenvalue weighted by Gasteiger charge is 2.09. The van der Waals surface area contributed by atoms with E-state index in [1.165, 1.54) is 16.7 Å². The third kappa shape index (κ3) is 2.85. The van der Waals surface area contributed by atoms with Gasteiger partial charge in [-0.2, -0.15) is 0 Å². The first-order valence-corrected chi connectivity index (χ1v) is 6.65. The molecule has 2 rings (SSSR count). The highest BCUT2D eigenvalue weighted by molar-refractivity contribution is 5.80. The maximum absolute atomic E-state index is 5.37. The predicted molar refractivity (Wildman–Crippen MR) is 83.5 cm³/mol. The number of rotatable bonds is 4. The number of aryl methyl sites for hydroxylation is 1. The minimum atomic E-state index is 0.746. The van der Waals surface area contributed by atoms with Gasteiger partial charge in [-0.15, -0.1) is 0 Å². The summed E-state index contributed by atoms with van der Waals surface area (Å²) in [5.41, 5.74) is 4.77. The van der Waals surface area contributed by atoms with E-state index in [-0.39, 0.29) is 0 Å². The van der Waals surface area contributed by atoms with Crippen molar-refractivity contribution in [2.75, 3.05) is 14.2 Å². The zero-order valence-corrected chi connectivity index (χ0v) is 12.4. The molecule has 0 aliphatic rings. The van der Waals surface area contributed by atoms with Crippen LogP contribution >= 0.6 is 0 Å². The lowest BCUT2D eigenvalue weighted by molar-refractivity contribution is 0.355. The van der Waals surface area contributed by atoms with E-state index in [1.54, 1.807) is 14.2 Å². The summed E-state index contributed by atoms with van der Waals surface area (Å²) in [6, 6.07) is 14.5. The SMILES string of the molecule is C/C=C(\c1ccc(C)cc1)c1ccc(OC)c(OC)c1. The summed E-state index contributed by atoms with van der Waals surface area (Å²) in [5.74, 6) is 1.49. The van der Waals surface area contributed by atoms with Crippen LogP contribution in [0.1, 0.15) is 23.6 Å². The summed E-state index contributed by atoms with van der Waals surface area (Å²) in [4.78, 5) is 0. The Balaban J connectivity index is 2.45. The van der Waals surface area contributed by atoms with Gasteiger partial charge in [0.1, 0.15) is 0 Å². The second-order valence-electron chi connectivity index (χ2n) is 4.64. The van der Waals surface area contributed by atoms with Crippen LogP contribution < -0.4 is 9.47 Å². The van der Waals surface area contributed by atoms with Crippen LogP contribution in [0.2, 0.25) is 0 Å². The summed E-state index contributed by atoms with van der Waals surface area (Å²) >= 11 is 0. The van der Waals surface area contributed by atoms with E-state index >= 15 is 0 Å². The van der Waals surface area contributed by atoms with Gasteiger partial charge in [-0.25, -0.2) is 0 Å². The van der Waals surface area contributed by atoms with Crippen LogP contribution in [0.25, 0.3) is 5.57 Å². The summed E-state index contributed by atoms with van der Waals surface area (Å²) < 4.78 is 10.7. The minimum Gasteiger partial charge on any atom is -0.493 e. The van der Waals surface area contributed by atoms with Crippen LogP contribution in [-0.2, 0) is 0 Å². The Kier molecular flexibility index (Phi) is 4.46. The molecule has 0 aromatic heterocycles. The smallest absolute Gasteiger partial charge is 0.161 e. The molecule has 0 saturated carbocycles. The van der Waals surface area contributed by atoms with Gasteiger partial charge in [0, 0.05) is 0 Å². The molecule has 2 aromatic rings. The molecule has 0 saturated heterocycles. The predicted octanol–water partition coefficient (Wildman–Crippen LogP) is 4.46. The molecular weight excluding hydrogens is 248 g/mol. The third-order valence-electron chi connectivity index (χ3n) is 3.35. The molecule has 0 heterocycles. The number of methoxy groups -OCH3 is 2. The lowest BCUT2D eigenvalue weighted by Gasteiger charge is -2.12. The molecule has 0 N–H and O–H groups in total. The fourth-order valence-corrected chi connectivity index (χ4v) is 2.24. The van der Waals surface area contributed by atoms with E-state index in [9.17, 15) is 0 Å². The number of hydrogen-bond donors (Lipinski definition) is 0. The topological polar surface area (TPSA) is 18.5 Å². The van der Waals surface area contributed by atoms with Crippen LogP contribution in [0, 0.1) is 6.92 Å². The third-order valence-corrected chi connectivity index (χ3v) is 3.35. The zero-order valence-electron chi connectivity index (χ0n) is 12.4. The van der Waals surface area contributed by atoms with Crippen molar-refractivity contribution in [1.82, 2.24) is 0 Å². The average Bonchev–Trinajstić information content (AvgIpc) is 2.49. The van der Waals surface area contributed by atoms with Crippen LogP contribution in [0.4, 0.5) is 0 Å². The summed E-state index contributed by atoms with van der Waals surface area (Å²) in [7, 11) is 3.30. The van der Waals surface area contributed by atoms with Gasteiger partial charge in [-0.05, 0) is 42.7 Å². The first-order chi connectivity index (χ1) is 9.69. The van der Waals surface area contributed by atoms with Gasteiger partial charge in [0.05, 0.1) is 14.2 Å². The molecule has 0 fully saturated rings. The molecule has 2 heteroatoms. The van der Waals surface area contributed by atoms with E-state index < -0.39 is 0 Å². The maximum atomic E-state index is 5.37. The van der Waals surface area contributed by atoms with Gasteiger partial charge in [-0.1, -0.05) is 42.0 Å². The largest absolute Gasteiger partial charge is 0.493 e. The van der Waals surface area contributed by atoms with Gasteiger partial charge < -0.3 is 9.47 Å². The molecule has 0 bridgehead atoms. The van der Waals surface area contributed by atoms with Crippen LogP contribution in [0.15, 0.2) is 48.5 Å². The second kappa shape index (κ2) is 6.29. The highest BCUT2D eigenvalue weighted by atomic mass is 16.5. The minimum absolute atomic E-state index is 0.746. The van der Waals surface area contributed by atoms with E-state index in [0.717, 1.165) is 17.1 Å². The number of allylic oxidation sites excluding steroid dienone is 1. The van der Waals surface area contributed by atoms with Gasteiger partial charge in [0.15, 0.2) is 11.5 Å². The van der Waals surface area contributed by atoms with Crippen molar-refractivity contribution < 1.29 is 9.47 Å². The summed E-state index contributed by atoms with van der Waals surface area (Å²) in [6.45, 7) is 4.14. The van der Waals surface area contributed by atoms with Crippen molar-refractivity contribution in [3.05, 3.63) is 65.2 Å². The summed E-state index contributed by atoms with van der Waals surface area (Å²) in [6.07, 6.45) is 2.12. The van der Waals surface area contributed by atoms with E-state index in [0.29, 0.717) is 0 Å². The first-order valence-electron chi connectivity index (χ1n) is 6.65. The molecule has 20 heavy (non-hydrogen) atoms. The molecule has 0 aliphatic heterocycles. The van der Waals surface area contributed by atoms with Gasteiger partial charge in [0.25, 0.3) is 0 Å². The van der Waals surface area contributed by atoms with Crippen LogP contribution in [0.3, 0.4) is 0 Å². The Morgan fingerprint density at radius 1 is 0.850 bits per heavy atom. The Hall–Kier alpha value is -2.22. The first kappa shape index (κ1) is 14.2. The van der Waals surface area contributed by atoms with Crippen molar-refractivity contribution in [2.45, 2.75) is 13.8 Å². The molecule has 0 spiro atoms. The van der Waals surface area contributed by atoms with E-state index in [1.807, 2.05) is 19.1 Å². The Bertz CT molecular complexity index is 610. The highest BCUT2D eigenvalue weighted by Crippen LogP contribution is 2.32. The lowest BCUT2D eigenvalue weighted by atomic mass is 9.96. The Morgan fingerprint density at radius 3 is 2.00 bits per heavy atom. The molecule has 0 radical (unpaired) electrons. The maximum Gasteiger partial charge on any atom is 0.161 e. The van der Waals surface area contributed by atoms with Crippen molar-refractivity contribution >= 4 is 5.57 Å². The number of hydrogen-bond acceptors (Lipinski definition) is 2. The molecule has 0 atom stereocenters. The van der Waals surface area contributed by atoms with Gasteiger partial charge >= 0.3 is 0 Å². The second-order valence-corrected chi connectivity index (χ2v) is 4.64. The monoisotopic (exact) mass is 268 g/mol. The fourth-order valence-electron chi connectivity index (χ4n) is 2.24. The number of ether oxygens (including phenoxy) is 2. The lowest BCUT2D eigenvalue weighted by Crippen LogP contribution is -1.93. The standard InChI is InChI=1S/C18H20O2/c1-5-16(14-8-6-13(2)7-9-14)15-10-11-17(19-3)18(12-15)20-4/h5-12H,1-4H3/b16-5+. The van der Waals surface area contributed by atoms with Gasteiger partial charge in [0.2, 0.25) is 0 Å². The van der Waals surface area contributed by atoms with Crippen LogP contribution in [0.5, 0.6) is 11.5 Å². The van der Waals surface area contributed by atoms with Gasteiger partial charge in [-0.3, -0.25) is 0 Å². The molecule has 104 valence electrons. The van der Waals surface area contributed by atoms with Crippen LogP contribution in [-0.4, -0.2) is 14.2 Å².